The van der Waals surface area contributed by atoms with Crippen LogP contribution in [0.2, 0.25) is 0 Å². The highest BCUT2D eigenvalue weighted by Crippen LogP contribution is 2.34. The maximum absolute atomic E-state index is 8.44. The van der Waals surface area contributed by atoms with Gasteiger partial charge in [-0.25, -0.2) is 0 Å². The summed E-state index contributed by atoms with van der Waals surface area (Å²) in [4.78, 5) is 0. The highest BCUT2D eigenvalue weighted by Gasteiger charge is 2.20. The lowest BCUT2D eigenvalue weighted by Crippen LogP contribution is -2.15. The van der Waals surface area contributed by atoms with Crippen molar-refractivity contribution in [3.8, 4) is 6.07 Å². The Morgan fingerprint density at radius 3 is 2.15 bits per heavy atom. The van der Waals surface area contributed by atoms with Gasteiger partial charge in [0.1, 0.15) is 0 Å². The minimum Gasteiger partial charge on any atom is -0.193 e. The molecule has 1 aromatic rings. The average molecular weight is 350 g/mol. The van der Waals surface area contributed by atoms with E-state index in [1.807, 2.05) is 18.2 Å². The van der Waals surface area contributed by atoms with E-state index in [0.717, 1.165) is 18.3 Å². The van der Waals surface area contributed by atoms with E-state index in [9.17, 15) is 0 Å². The summed E-state index contributed by atoms with van der Waals surface area (Å²) in [5.74, 6) is 1.84. The smallest absolute Gasteiger partial charge is 0.0912 e. The van der Waals surface area contributed by atoms with Crippen molar-refractivity contribution in [1.82, 2.24) is 0 Å². The quantitative estimate of drug-likeness (QED) is 0.324. The van der Waals surface area contributed by atoms with Gasteiger partial charge in [0.25, 0.3) is 0 Å². The van der Waals surface area contributed by atoms with Gasteiger partial charge in [-0.15, -0.1) is 0 Å². The fourth-order valence-corrected chi connectivity index (χ4v) is 4.04. The van der Waals surface area contributed by atoms with Gasteiger partial charge in [-0.2, -0.15) is 5.26 Å². The number of benzene rings is 1. The summed E-state index contributed by atoms with van der Waals surface area (Å²) < 4.78 is 0. The Kier molecular flexibility index (Phi) is 9.88. The van der Waals surface area contributed by atoms with Crippen LogP contribution in [0.4, 0.5) is 0 Å². The largest absolute Gasteiger partial charge is 0.193 e. The second-order valence-electron chi connectivity index (χ2n) is 7.84. The molecule has 1 aliphatic carbocycles. The van der Waals surface area contributed by atoms with Gasteiger partial charge in [0.2, 0.25) is 0 Å². The fourth-order valence-electron chi connectivity index (χ4n) is 4.04. The number of hydrogen-bond donors (Lipinski definition) is 0. The molecule has 0 radical (unpaired) electrons. The molecule has 140 valence electrons. The van der Waals surface area contributed by atoms with Gasteiger partial charge in [0, 0.05) is 6.08 Å². The van der Waals surface area contributed by atoms with Crippen LogP contribution in [-0.4, -0.2) is 0 Å². The van der Waals surface area contributed by atoms with Crippen molar-refractivity contribution in [3.05, 3.63) is 59.7 Å². The molecule has 0 saturated heterocycles. The third kappa shape index (κ3) is 8.05. The van der Waals surface area contributed by atoms with Crippen molar-refractivity contribution >= 4 is 0 Å². The molecular formula is C25H35N. The molecule has 0 atom stereocenters. The van der Waals surface area contributed by atoms with Gasteiger partial charge >= 0.3 is 0 Å². The monoisotopic (exact) mass is 349 g/mol. The van der Waals surface area contributed by atoms with Gasteiger partial charge in [-0.3, -0.25) is 0 Å². The topological polar surface area (TPSA) is 23.8 Å². The molecule has 1 heteroatoms. The summed E-state index contributed by atoms with van der Waals surface area (Å²) in [6.45, 7) is 2.26. The van der Waals surface area contributed by atoms with Gasteiger partial charge in [0.05, 0.1) is 6.07 Å². The molecule has 0 aliphatic heterocycles. The number of allylic oxidation sites excluding steroid dienone is 4. The van der Waals surface area contributed by atoms with E-state index < -0.39 is 0 Å². The van der Waals surface area contributed by atoms with Crippen LogP contribution in [0, 0.1) is 23.2 Å². The zero-order valence-electron chi connectivity index (χ0n) is 16.5. The molecular weight excluding hydrogens is 314 g/mol. The lowest BCUT2D eigenvalue weighted by Gasteiger charge is -2.28. The Morgan fingerprint density at radius 1 is 0.923 bits per heavy atom. The Labute approximate surface area is 160 Å². The van der Waals surface area contributed by atoms with Crippen molar-refractivity contribution in [2.45, 2.75) is 77.6 Å². The number of hydrogen-bond acceptors (Lipinski definition) is 1. The maximum atomic E-state index is 8.44. The van der Waals surface area contributed by atoms with Crippen LogP contribution in [0.5, 0.6) is 0 Å². The summed E-state index contributed by atoms with van der Waals surface area (Å²) in [7, 11) is 0. The van der Waals surface area contributed by atoms with E-state index in [2.05, 4.69) is 37.3 Å². The molecule has 1 aromatic carbocycles. The third-order valence-electron chi connectivity index (χ3n) is 5.81. The Morgan fingerprint density at radius 2 is 1.54 bits per heavy atom. The zero-order chi connectivity index (χ0) is 18.5. The lowest BCUT2D eigenvalue weighted by molar-refractivity contribution is 0.254. The molecule has 0 unspecified atom stereocenters. The second-order valence-corrected chi connectivity index (χ2v) is 7.84. The first-order valence-corrected chi connectivity index (χ1v) is 10.6. The predicted octanol–water partition coefficient (Wildman–Crippen LogP) is 7.18. The Balaban J connectivity index is 1.60. The predicted molar refractivity (Wildman–Crippen MR) is 112 cm³/mol. The Hall–Kier alpha value is -1.81. The van der Waals surface area contributed by atoms with Crippen molar-refractivity contribution in [1.29, 1.82) is 5.26 Å². The lowest BCUT2D eigenvalue weighted by atomic mass is 9.78. The molecule has 0 spiro atoms. The molecule has 1 nitrogen and oxygen atoms in total. The van der Waals surface area contributed by atoms with Crippen molar-refractivity contribution in [3.63, 3.8) is 0 Å². The summed E-state index contributed by atoms with van der Waals surface area (Å²) >= 11 is 0. The third-order valence-corrected chi connectivity index (χ3v) is 5.81. The molecule has 0 N–H and O–H groups in total. The van der Waals surface area contributed by atoms with Crippen molar-refractivity contribution in [2.75, 3.05) is 0 Å². The minimum absolute atomic E-state index is 0.911. The Bertz CT molecular complexity index is 580. The number of rotatable bonds is 10. The van der Waals surface area contributed by atoms with Crippen LogP contribution in [-0.2, 0) is 12.8 Å². The van der Waals surface area contributed by atoms with E-state index in [0.29, 0.717) is 0 Å². The standard InChI is InChI=1S/C25H35N/c1-2-3-9-22-11-15-24(16-12-22)19-20-25-17-13-23(14-18-25)10-7-5-4-6-8-21-26/h4-6,8,11-12,15-16,23,25H,2-3,7,9-10,13-14,17-20H2,1H3/b5-4+,8-6+/t23-,25-. The number of unbranched alkanes of at least 4 members (excludes halogenated alkanes) is 1. The average Bonchev–Trinajstić information content (AvgIpc) is 2.69. The van der Waals surface area contributed by atoms with Crippen LogP contribution < -0.4 is 0 Å². The molecule has 2 rings (SSSR count). The minimum atomic E-state index is 0.911. The molecule has 0 amide bonds. The van der Waals surface area contributed by atoms with E-state index >= 15 is 0 Å². The highest BCUT2D eigenvalue weighted by molar-refractivity contribution is 5.22. The second kappa shape index (κ2) is 12.5. The van der Waals surface area contributed by atoms with Gasteiger partial charge in [0.15, 0.2) is 0 Å². The molecule has 1 aliphatic rings. The van der Waals surface area contributed by atoms with Crippen LogP contribution in [0.15, 0.2) is 48.6 Å². The van der Waals surface area contributed by atoms with Gasteiger partial charge < -0.3 is 0 Å². The molecule has 1 fully saturated rings. The molecule has 26 heavy (non-hydrogen) atoms. The highest BCUT2D eigenvalue weighted by atomic mass is 14.3. The van der Waals surface area contributed by atoms with E-state index in [-0.39, 0.29) is 0 Å². The first-order valence-electron chi connectivity index (χ1n) is 10.6. The first-order chi connectivity index (χ1) is 12.8. The van der Waals surface area contributed by atoms with Gasteiger partial charge in [-0.05, 0) is 61.5 Å². The number of nitriles is 1. The van der Waals surface area contributed by atoms with Gasteiger partial charge in [-0.1, -0.05) is 81.5 Å². The fraction of sp³-hybridized carbons (Fsp3) is 0.560. The van der Waals surface area contributed by atoms with E-state index in [1.54, 1.807) is 0 Å². The van der Waals surface area contributed by atoms with Crippen LogP contribution in [0.25, 0.3) is 0 Å². The summed E-state index contributed by atoms with van der Waals surface area (Å²) in [5, 5.41) is 8.44. The van der Waals surface area contributed by atoms with E-state index in [1.165, 1.54) is 81.4 Å². The molecule has 0 aromatic heterocycles. The maximum Gasteiger partial charge on any atom is 0.0912 e. The normalized spacial score (nSPS) is 20.6. The van der Waals surface area contributed by atoms with Crippen molar-refractivity contribution in [2.24, 2.45) is 11.8 Å². The number of nitrogens with zero attached hydrogens (tertiary/aromatic N) is 1. The van der Waals surface area contributed by atoms with Crippen LogP contribution in [0.1, 0.15) is 75.8 Å². The van der Waals surface area contributed by atoms with E-state index in [4.69, 9.17) is 5.26 Å². The zero-order valence-corrected chi connectivity index (χ0v) is 16.5. The van der Waals surface area contributed by atoms with Crippen LogP contribution >= 0.6 is 0 Å². The SMILES string of the molecule is CCCCc1ccc(CC[C@H]2CC[C@H](CC/C=C/C=C/C#N)CC2)cc1. The summed E-state index contributed by atoms with van der Waals surface area (Å²) in [6, 6.07) is 11.4. The first kappa shape index (κ1) is 20.5. The molecule has 0 bridgehead atoms. The molecule has 0 heterocycles. The van der Waals surface area contributed by atoms with Crippen LogP contribution in [0.3, 0.4) is 0 Å². The summed E-state index contributed by atoms with van der Waals surface area (Å²) in [6.07, 6.45) is 22.1. The molecule has 1 saturated carbocycles. The number of aryl methyl sites for hydroxylation is 2. The summed E-state index contributed by atoms with van der Waals surface area (Å²) in [5.41, 5.74) is 3.01. The van der Waals surface area contributed by atoms with Crippen molar-refractivity contribution < 1.29 is 0 Å².